The maximum atomic E-state index is 13.2. The van der Waals surface area contributed by atoms with Crippen LogP contribution in [0, 0.1) is 38.0 Å². The molecule has 13 aromatic rings. The second-order valence-corrected chi connectivity index (χ2v) is 35.2. The van der Waals surface area contributed by atoms with Crippen LogP contribution in [0.2, 0.25) is 0 Å². The van der Waals surface area contributed by atoms with E-state index in [1.165, 1.54) is 55.5 Å². The Morgan fingerprint density at radius 1 is 0.554 bits per heavy atom. The van der Waals surface area contributed by atoms with E-state index in [4.69, 9.17) is 44.0 Å². The van der Waals surface area contributed by atoms with Crippen LogP contribution in [-0.2, 0) is 54.4 Å². The summed E-state index contributed by atoms with van der Waals surface area (Å²) in [6, 6.07) is 96.2. The molecule has 3 aromatic heterocycles. The molecule has 16 rings (SSSR count). The number of fused-ring (bicyclic) bond motifs is 2. The molecule has 21 nitrogen and oxygen atoms in total. The molecule has 0 bridgehead atoms. The molecule has 0 unspecified atom stereocenters. The van der Waals surface area contributed by atoms with Crippen LogP contribution in [0.4, 0.5) is 11.4 Å². The van der Waals surface area contributed by atoms with Gasteiger partial charge in [-0.3, -0.25) is 24.3 Å². The smallest absolute Gasteiger partial charge is 0.0134 e. The molecule has 3 aliphatic rings. The number of nitrogens with zero attached hydrogens (tertiary/aromatic N) is 8. The molecule has 0 fully saturated rings. The summed E-state index contributed by atoms with van der Waals surface area (Å²) in [5, 5.41) is 56.3. The molecule has 5 N–H and O–H groups in total. The number of likely N-dealkylation sites (N-methyl/N-ethyl adjacent to an activating group) is 2. The average Bonchev–Trinajstić information content (AvgIpc) is 1.70. The molecule has 0 spiro atoms. The first-order chi connectivity index (χ1) is 58.1. The number of carbonyl (C=O) groups is 4. The van der Waals surface area contributed by atoms with Gasteiger partial charge in [-0.1, -0.05) is 294 Å². The summed E-state index contributed by atoms with van der Waals surface area (Å²) in [6.07, 6.45) is 6.51. The number of terminal acetylenes is 1. The molecule has 10 aromatic carbocycles. The van der Waals surface area contributed by atoms with Crippen LogP contribution < -0.4 is 61.7 Å². The van der Waals surface area contributed by atoms with Gasteiger partial charge in [-0.05, 0) is 123 Å². The van der Waals surface area contributed by atoms with Crippen molar-refractivity contribution in [2.75, 3.05) is 37.1 Å². The van der Waals surface area contributed by atoms with Gasteiger partial charge in [0, 0.05) is 55.5 Å². The Kier molecular flexibility index (Phi) is 34.0. The molecule has 6 heterocycles. The Hall–Kier alpha value is -11.8. The predicted molar refractivity (Wildman–Crippen MR) is 483 cm³/mol. The summed E-state index contributed by atoms with van der Waals surface area (Å²) >= 11 is 3.29. The molecular weight excluding hydrogens is 1760 g/mol. The zero-order valence-corrected chi connectivity index (χ0v) is 72.5. The van der Waals surface area contributed by atoms with Gasteiger partial charge in [0.2, 0.25) is 5.82 Å². The van der Waals surface area contributed by atoms with Crippen LogP contribution in [0.5, 0.6) is 11.5 Å². The van der Waals surface area contributed by atoms with E-state index in [1.807, 2.05) is 66.7 Å². The fraction of sp³-hybridized carbons (Fsp3) is 0.170. The topological polar surface area (TPSA) is 276 Å². The second-order valence-electron chi connectivity index (χ2n) is 27.5. The number of aromatic nitrogens is 5. The minimum atomic E-state index is -1.52. The maximum Gasteiger partial charge on any atom is -0.0134 e. The van der Waals surface area contributed by atoms with Crippen LogP contribution in [0.25, 0.3) is 0 Å². The van der Waals surface area contributed by atoms with Crippen molar-refractivity contribution >= 4 is 129 Å². The number of hydrogen-bond acceptors (Lipinski definition) is 16. The van der Waals surface area contributed by atoms with E-state index in [9.17, 15) is 29.4 Å². The first-order valence-electron chi connectivity index (χ1n) is 37.6. The minimum absolute atomic E-state index is 0. The summed E-state index contributed by atoms with van der Waals surface area (Å²) in [7, 11) is 12.0. The first-order valence-corrected chi connectivity index (χ1v) is 45.1. The Bertz CT molecular complexity index is 5430. The summed E-state index contributed by atoms with van der Waals surface area (Å²) in [5.74, 6) is 9.10. The van der Waals surface area contributed by atoms with E-state index in [1.54, 1.807) is 70.4 Å². The van der Waals surface area contributed by atoms with Gasteiger partial charge in [-0.2, -0.15) is 5.10 Å². The van der Waals surface area contributed by atoms with Crippen LogP contribution in [-0.4, -0.2) is 110 Å². The molecule has 0 aliphatic carbocycles. The van der Waals surface area contributed by atoms with Crippen molar-refractivity contribution in [3.8, 4) is 35.7 Å². The summed E-state index contributed by atoms with van der Waals surface area (Å²) < 4.78 is 22.2. The Balaban J connectivity index is 0.000000166. The molecule has 27 heteroatoms. The van der Waals surface area contributed by atoms with Crippen LogP contribution in [0.15, 0.2) is 315 Å². The van der Waals surface area contributed by atoms with Crippen molar-refractivity contribution in [2.24, 2.45) is 10.2 Å². The van der Waals surface area contributed by atoms with Crippen LogP contribution >= 0.6 is 50.8 Å². The number of rotatable bonds is 16. The van der Waals surface area contributed by atoms with Gasteiger partial charge in [-0.25, -0.2) is 4.98 Å². The van der Waals surface area contributed by atoms with E-state index in [0.29, 0.717) is 76.4 Å². The van der Waals surface area contributed by atoms with E-state index in [2.05, 4.69) is 262 Å². The SMILES string of the molecule is C.C#C[C@](C)(O)c1cc(C)on1.CN1C(=O)[C@@H](NC(=O)c2n[nH]c(Cc3ccccc3)n2)COc2ccc(Br)cc21.Cc1cc([C@@](C)(O)C#Cc2ccc3c(c2)N(C)C(=O)[C@@H](NC(=O)C2=NN=C(Cc4ccccc4)C2)CO3)no1.[Cl][Pd][Cl].c1ccc(P(c2ccccc2)c2ccccc2)cc1.c1ccc(P(c2ccccc2)c2ccccc2)cc1. The summed E-state index contributed by atoms with van der Waals surface area (Å²) in [6.45, 7) is 6.46. The quantitative estimate of drug-likeness (QED) is 0.0342. The van der Waals surface area contributed by atoms with Gasteiger partial charge < -0.3 is 49.2 Å². The van der Waals surface area contributed by atoms with Gasteiger partial charge >= 0.3 is 35.0 Å². The van der Waals surface area contributed by atoms with Gasteiger partial charge in [0.1, 0.15) is 71.2 Å². The summed E-state index contributed by atoms with van der Waals surface area (Å²) in [4.78, 5) is 58.7. The van der Waals surface area contributed by atoms with Gasteiger partial charge in [0.05, 0.1) is 17.1 Å². The molecule has 620 valence electrons. The van der Waals surface area contributed by atoms with Crippen molar-refractivity contribution in [1.82, 2.24) is 36.1 Å². The number of nitrogens with one attached hydrogen (secondary N) is 3. The van der Waals surface area contributed by atoms with Crippen molar-refractivity contribution < 1.29 is 63.9 Å². The zero-order valence-electron chi connectivity index (χ0n) is 66.1. The molecule has 0 saturated carbocycles. The first kappa shape index (κ1) is 91.5. The van der Waals surface area contributed by atoms with Gasteiger partial charge in [0.25, 0.3) is 23.6 Å². The number of ether oxygens (including phenoxy) is 2. The van der Waals surface area contributed by atoms with E-state index in [-0.39, 0.29) is 59.9 Å². The fourth-order valence-corrected chi connectivity index (χ4v) is 17.3. The average molecular weight is 1850 g/mol. The van der Waals surface area contributed by atoms with Crippen LogP contribution in [0.1, 0.15) is 83.7 Å². The number of aliphatic hydroxyl groups is 2. The zero-order chi connectivity index (χ0) is 85.0. The Morgan fingerprint density at radius 3 is 1.34 bits per heavy atom. The number of anilines is 2. The van der Waals surface area contributed by atoms with Crippen molar-refractivity contribution in [3.63, 3.8) is 0 Å². The number of carbonyl (C=O) groups excluding carboxylic acids is 4. The van der Waals surface area contributed by atoms with Gasteiger partial charge in [0.15, 0.2) is 11.2 Å². The summed E-state index contributed by atoms with van der Waals surface area (Å²) in [5.41, 5.74) is 2.69. The number of hydrogen-bond donors (Lipinski definition) is 5. The number of halogens is 3. The predicted octanol–water partition coefficient (Wildman–Crippen LogP) is 14.6. The third kappa shape index (κ3) is 25.9. The minimum Gasteiger partial charge on any atom is -0.0622 e. The van der Waals surface area contributed by atoms with Crippen molar-refractivity contribution in [2.45, 2.75) is 77.7 Å². The number of amides is 4. The molecule has 0 saturated heterocycles. The van der Waals surface area contributed by atoms with E-state index < -0.39 is 50.9 Å². The standard InChI is InChI=1S/C29H27N5O5.C20H18BrN5O3.2C18H15P.C8H9NO2.CH4.2ClH.Pd/c1-18-13-26(33-39-18)29(2,37)12-11-20-9-10-25-24(15-20)34(3)28(36)23(17-38-25)30-27(35)22-16-21(31-32-22)14-19-7-5-4-6-8-19;1-26-15-10-13(21)7-8-16(15)29-11-14(20(26)28)22-19(27)18-23-17(24-25-18)9-12-5-3-2-4-6-12;2*1-4-10-16(11-5-1)19(17-12-6-2-7-13-17)18-14-8-3-9-15-18;1-4-8(3,10)7-5-6(2)11-9-7;;;;/h4-10,13,15,23,37H,14,16-17H2,1-3H3,(H,30,35);2-8,10,14H,9,11H2,1H3,(H,22,27)(H,23,24,25);2*1-15H;1,5,10H,2-3H3;1H4;2*1H;/q;;;;;;;;+2/p-2/t23-,29-;14-;;;8-;;;;/m00..0..../s1. The third-order valence-electron chi connectivity index (χ3n) is 18.5. The number of aryl methyl sites for hydroxylation is 2. The fourth-order valence-electron chi connectivity index (χ4n) is 12.3. The normalized spacial score (nSPS) is 14.5. The second kappa shape index (κ2) is 45.0. The van der Waals surface area contributed by atoms with Gasteiger partial charge in [-0.15, -0.1) is 16.6 Å². The molecule has 0 radical (unpaired) electrons. The molecule has 4 amide bonds. The molecular formula is C94H88BrCl2N11O10P2Pd. The van der Waals surface area contributed by atoms with Crippen LogP contribution in [0.3, 0.4) is 0 Å². The monoisotopic (exact) mass is 1850 g/mol. The van der Waals surface area contributed by atoms with Crippen molar-refractivity contribution in [1.29, 1.82) is 0 Å². The third-order valence-corrected chi connectivity index (χ3v) is 23.9. The molecule has 3 aliphatic heterocycles. The van der Waals surface area contributed by atoms with E-state index >= 15 is 0 Å². The van der Waals surface area contributed by atoms with Crippen molar-refractivity contribution in [3.05, 3.63) is 347 Å². The number of H-pyrrole nitrogens is 1. The van der Waals surface area contributed by atoms with E-state index in [0.717, 1.165) is 21.3 Å². The number of aromatic amines is 1. The Morgan fingerprint density at radius 2 is 0.934 bits per heavy atom. The maximum absolute atomic E-state index is 13.2. The largest absolute Gasteiger partial charge is 0.0622 e. The number of benzene rings is 10. The Labute approximate surface area is 731 Å². The molecule has 4 atom stereocenters. The molecule has 121 heavy (non-hydrogen) atoms.